The number of halogens is 1. The maximum absolute atomic E-state index is 13.6. The normalized spacial score (nSPS) is 15.3. The summed E-state index contributed by atoms with van der Waals surface area (Å²) in [5.41, 5.74) is 7.74. The van der Waals surface area contributed by atoms with Gasteiger partial charge in [0.05, 0.1) is 35.9 Å². The van der Waals surface area contributed by atoms with Gasteiger partial charge in [0.15, 0.2) is 0 Å². The summed E-state index contributed by atoms with van der Waals surface area (Å²) in [7, 11) is 1.57. The monoisotopic (exact) mass is 467 g/mol. The summed E-state index contributed by atoms with van der Waals surface area (Å²) in [6.07, 6.45) is 1.56. The average molecular weight is 468 g/mol. The van der Waals surface area contributed by atoms with Crippen molar-refractivity contribution in [3.63, 3.8) is 0 Å². The number of methoxy groups -OCH3 is 1. The highest BCUT2D eigenvalue weighted by atomic mass is 79.9. The smallest absolute Gasteiger partial charge is 0.259 e. The van der Waals surface area contributed by atoms with E-state index >= 15 is 0 Å². The van der Waals surface area contributed by atoms with E-state index in [0.29, 0.717) is 33.0 Å². The second-order valence-electron chi connectivity index (χ2n) is 6.85. The molecular weight excluding hydrogens is 450 g/mol. The van der Waals surface area contributed by atoms with Crippen molar-refractivity contribution < 1.29 is 13.9 Å². The second kappa shape index (κ2) is 7.76. The first-order chi connectivity index (χ1) is 14.4. The highest BCUT2D eigenvalue weighted by Crippen LogP contribution is 2.42. The molecule has 4 rings (SSSR count). The van der Waals surface area contributed by atoms with Crippen LogP contribution < -0.4 is 20.8 Å². The van der Waals surface area contributed by atoms with Crippen LogP contribution in [0.15, 0.2) is 67.8 Å². The third-order valence-corrected chi connectivity index (χ3v) is 5.71. The number of pyridine rings is 1. The lowest BCUT2D eigenvalue weighted by molar-refractivity contribution is 0.387. The van der Waals surface area contributed by atoms with Gasteiger partial charge in [-0.2, -0.15) is 5.26 Å². The number of aryl methyl sites for hydroxylation is 1. The van der Waals surface area contributed by atoms with Gasteiger partial charge in [-0.15, -0.1) is 0 Å². The number of rotatable bonds is 4. The molecular formula is C22H18BrN3O4. The summed E-state index contributed by atoms with van der Waals surface area (Å²) in [6.45, 7) is 2.08. The Kier molecular flexibility index (Phi) is 5.14. The van der Waals surface area contributed by atoms with Crippen molar-refractivity contribution >= 4 is 15.9 Å². The van der Waals surface area contributed by atoms with Crippen LogP contribution in [0.5, 0.6) is 11.5 Å². The number of nitrogens with two attached hydrogens (primary N) is 1. The molecule has 1 aliphatic rings. The van der Waals surface area contributed by atoms with E-state index in [-0.39, 0.29) is 23.6 Å². The summed E-state index contributed by atoms with van der Waals surface area (Å²) in [6, 6.07) is 12.8. The molecule has 0 bridgehead atoms. The maximum Gasteiger partial charge on any atom is 0.259 e. The van der Waals surface area contributed by atoms with Crippen molar-refractivity contribution in [1.82, 2.24) is 4.57 Å². The molecule has 1 aliphatic heterocycles. The van der Waals surface area contributed by atoms with Gasteiger partial charge in [0.1, 0.15) is 28.9 Å². The minimum Gasteiger partial charge on any atom is -0.496 e. The molecule has 8 heteroatoms. The lowest BCUT2D eigenvalue weighted by Crippen LogP contribution is -2.33. The van der Waals surface area contributed by atoms with Gasteiger partial charge in [0.2, 0.25) is 5.88 Å². The Hall–Kier alpha value is -3.44. The molecule has 0 fully saturated rings. The lowest BCUT2D eigenvalue weighted by Gasteiger charge is -2.27. The fraction of sp³-hybridized carbons (Fsp3) is 0.182. The average Bonchev–Trinajstić information content (AvgIpc) is 3.23. The predicted molar refractivity (Wildman–Crippen MR) is 113 cm³/mol. The van der Waals surface area contributed by atoms with E-state index < -0.39 is 5.92 Å². The van der Waals surface area contributed by atoms with E-state index in [9.17, 15) is 10.1 Å². The number of furan rings is 1. The summed E-state index contributed by atoms with van der Waals surface area (Å²) >= 11 is 3.47. The van der Waals surface area contributed by atoms with E-state index in [1.165, 1.54) is 0 Å². The van der Waals surface area contributed by atoms with Crippen LogP contribution in [0, 0.1) is 18.3 Å². The zero-order valence-electron chi connectivity index (χ0n) is 16.3. The summed E-state index contributed by atoms with van der Waals surface area (Å²) in [4.78, 5) is 13.6. The van der Waals surface area contributed by atoms with Crippen molar-refractivity contribution in [1.29, 1.82) is 5.26 Å². The van der Waals surface area contributed by atoms with Crippen molar-refractivity contribution in [2.45, 2.75) is 19.4 Å². The van der Waals surface area contributed by atoms with Gasteiger partial charge >= 0.3 is 0 Å². The number of hydrogen-bond donors (Lipinski definition) is 1. The minimum atomic E-state index is -0.670. The molecule has 7 nitrogen and oxygen atoms in total. The van der Waals surface area contributed by atoms with Crippen LogP contribution in [0.4, 0.5) is 0 Å². The molecule has 0 spiro atoms. The van der Waals surface area contributed by atoms with Crippen LogP contribution in [0.2, 0.25) is 0 Å². The van der Waals surface area contributed by atoms with E-state index in [0.717, 1.165) is 5.56 Å². The Morgan fingerprint density at radius 2 is 2.13 bits per heavy atom. The topological polar surface area (TPSA) is 103 Å². The zero-order valence-corrected chi connectivity index (χ0v) is 17.9. The first-order valence-electron chi connectivity index (χ1n) is 9.12. The Labute approximate surface area is 181 Å². The Balaban J connectivity index is 1.94. The molecule has 0 radical (unpaired) electrons. The SMILES string of the molecule is COc1ccc([C@@H]2C(C#N)=C(N)Oc3cc(C)n(Cc4ccco4)c(=O)c32)cc1Br. The molecule has 0 saturated carbocycles. The first-order valence-corrected chi connectivity index (χ1v) is 9.91. The van der Waals surface area contributed by atoms with Gasteiger partial charge in [-0.1, -0.05) is 6.07 Å². The molecule has 1 aromatic carbocycles. The largest absolute Gasteiger partial charge is 0.496 e. The van der Waals surface area contributed by atoms with Crippen molar-refractivity contribution in [2.24, 2.45) is 5.73 Å². The number of ether oxygens (including phenoxy) is 2. The number of hydrogen-bond acceptors (Lipinski definition) is 6. The maximum atomic E-state index is 13.6. The quantitative estimate of drug-likeness (QED) is 0.625. The number of nitrogens with zero attached hydrogens (tertiary/aromatic N) is 2. The third-order valence-electron chi connectivity index (χ3n) is 5.09. The predicted octanol–water partition coefficient (Wildman–Crippen LogP) is 3.79. The van der Waals surface area contributed by atoms with Crippen LogP contribution in [-0.4, -0.2) is 11.7 Å². The van der Waals surface area contributed by atoms with E-state index in [1.807, 2.05) is 19.1 Å². The third kappa shape index (κ3) is 3.27. The molecule has 0 amide bonds. The molecule has 30 heavy (non-hydrogen) atoms. The molecule has 0 saturated heterocycles. The number of fused-ring (bicyclic) bond motifs is 1. The van der Waals surface area contributed by atoms with E-state index in [4.69, 9.17) is 19.6 Å². The second-order valence-corrected chi connectivity index (χ2v) is 7.71. The number of nitriles is 1. The summed E-state index contributed by atoms with van der Waals surface area (Å²) in [5.74, 6) is 0.958. The van der Waals surface area contributed by atoms with Crippen LogP contribution in [0.1, 0.15) is 28.5 Å². The summed E-state index contributed by atoms with van der Waals surface area (Å²) < 4.78 is 18.7. The van der Waals surface area contributed by atoms with E-state index in [1.54, 1.807) is 42.2 Å². The van der Waals surface area contributed by atoms with Crippen LogP contribution in [0.25, 0.3) is 0 Å². The van der Waals surface area contributed by atoms with Gasteiger partial charge in [-0.05, 0) is 52.7 Å². The zero-order chi connectivity index (χ0) is 21.4. The number of benzene rings is 1. The molecule has 2 N–H and O–H groups in total. The molecule has 0 aliphatic carbocycles. The molecule has 3 aromatic rings. The van der Waals surface area contributed by atoms with Crippen LogP contribution in [-0.2, 0) is 6.54 Å². The first kappa shape index (κ1) is 19.9. The number of aromatic nitrogens is 1. The van der Waals surface area contributed by atoms with Crippen molar-refractivity contribution in [2.75, 3.05) is 7.11 Å². The Morgan fingerprint density at radius 1 is 1.33 bits per heavy atom. The summed E-state index contributed by atoms with van der Waals surface area (Å²) in [5, 5.41) is 9.78. The highest BCUT2D eigenvalue weighted by Gasteiger charge is 2.34. The molecule has 152 valence electrons. The highest BCUT2D eigenvalue weighted by molar-refractivity contribution is 9.10. The van der Waals surface area contributed by atoms with Gasteiger partial charge in [0, 0.05) is 11.8 Å². The fourth-order valence-corrected chi connectivity index (χ4v) is 4.19. The fourth-order valence-electron chi connectivity index (χ4n) is 3.64. The molecule has 2 aromatic heterocycles. The van der Waals surface area contributed by atoms with E-state index in [2.05, 4.69) is 22.0 Å². The van der Waals surface area contributed by atoms with Gasteiger partial charge < -0.3 is 24.2 Å². The van der Waals surface area contributed by atoms with Gasteiger partial charge in [-0.25, -0.2) is 0 Å². The standard InChI is InChI=1S/C22H18BrN3O4/c1-12-8-18-20(22(27)26(12)11-14-4-3-7-29-14)19(15(10-24)21(25)30-18)13-5-6-17(28-2)16(23)9-13/h3-9,19H,11,25H2,1-2H3/t19-/m1/s1. The number of allylic oxidation sites excluding steroid dienone is 1. The van der Waals surface area contributed by atoms with Crippen molar-refractivity contribution in [3.8, 4) is 17.6 Å². The Bertz CT molecular complexity index is 1250. The lowest BCUT2D eigenvalue weighted by atomic mass is 9.84. The van der Waals surface area contributed by atoms with Crippen molar-refractivity contribution in [3.05, 3.63) is 91.5 Å². The van der Waals surface area contributed by atoms with Crippen LogP contribution in [0.3, 0.4) is 0 Å². The Morgan fingerprint density at radius 3 is 2.77 bits per heavy atom. The minimum absolute atomic E-state index is 0.00970. The van der Waals surface area contributed by atoms with Gasteiger partial charge in [-0.3, -0.25) is 4.79 Å². The molecule has 0 unspecified atom stereocenters. The molecule has 1 atom stereocenters. The van der Waals surface area contributed by atoms with Crippen LogP contribution >= 0.6 is 15.9 Å². The van der Waals surface area contributed by atoms with Gasteiger partial charge in [0.25, 0.3) is 5.56 Å². The molecule has 3 heterocycles.